The zero-order valence-electron chi connectivity index (χ0n) is 13.2. The zero-order valence-corrected chi connectivity index (χ0v) is 13.2. The first-order valence-corrected chi connectivity index (χ1v) is 8.23. The standard InChI is InChI=1S/C18H27N3/c1-3-14-5-4-6-17-16(10-20-18(14)17)12-21-8-7-13(2)15(9-19)11-21/h4-6,10,13,15,20H,3,7-9,11-12,19H2,1-2H3. The van der Waals surface area contributed by atoms with E-state index in [4.69, 9.17) is 5.73 Å². The average Bonchev–Trinajstić information content (AvgIpc) is 2.92. The number of aromatic amines is 1. The number of hydrogen-bond donors (Lipinski definition) is 2. The number of aromatic nitrogens is 1. The van der Waals surface area contributed by atoms with E-state index >= 15 is 0 Å². The van der Waals surface area contributed by atoms with Crippen molar-refractivity contribution in [1.29, 1.82) is 0 Å². The summed E-state index contributed by atoms with van der Waals surface area (Å²) in [6.45, 7) is 8.73. The van der Waals surface area contributed by atoms with Gasteiger partial charge in [-0.3, -0.25) is 4.90 Å². The number of hydrogen-bond acceptors (Lipinski definition) is 2. The molecule has 1 aliphatic heterocycles. The van der Waals surface area contributed by atoms with Crippen LogP contribution >= 0.6 is 0 Å². The van der Waals surface area contributed by atoms with Crippen molar-refractivity contribution < 1.29 is 0 Å². The molecule has 1 aromatic heterocycles. The molecule has 2 atom stereocenters. The molecule has 3 heteroatoms. The van der Waals surface area contributed by atoms with Crippen LogP contribution in [-0.2, 0) is 13.0 Å². The molecule has 3 nitrogen and oxygen atoms in total. The summed E-state index contributed by atoms with van der Waals surface area (Å²) in [5.74, 6) is 1.41. The van der Waals surface area contributed by atoms with Crippen LogP contribution in [0.25, 0.3) is 10.9 Å². The van der Waals surface area contributed by atoms with Crippen molar-refractivity contribution in [2.45, 2.75) is 33.2 Å². The van der Waals surface area contributed by atoms with E-state index in [1.807, 2.05) is 0 Å². The summed E-state index contributed by atoms with van der Waals surface area (Å²) in [6, 6.07) is 6.64. The van der Waals surface area contributed by atoms with Crippen LogP contribution in [0.4, 0.5) is 0 Å². The Morgan fingerprint density at radius 1 is 1.33 bits per heavy atom. The van der Waals surface area contributed by atoms with Gasteiger partial charge < -0.3 is 10.7 Å². The Hall–Kier alpha value is -1.32. The lowest BCUT2D eigenvalue weighted by Crippen LogP contribution is -2.42. The smallest absolute Gasteiger partial charge is 0.0489 e. The van der Waals surface area contributed by atoms with Crippen LogP contribution in [-0.4, -0.2) is 29.5 Å². The van der Waals surface area contributed by atoms with Gasteiger partial charge in [-0.15, -0.1) is 0 Å². The second-order valence-corrected chi connectivity index (χ2v) is 6.50. The van der Waals surface area contributed by atoms with E-state index in [0.29, 0.717) is 5.92 Å². The maximum atomic E-state index is 5.92. The van der Waals surface area contributed by atoms with Crippen molar-refractivity contribution >= 4 is 10.9 Å². The number of benzene rings is 1. The number of nitrogens with zero attached hydrogens (tertiary/aromatic N) is 1. The van der Waals surface area contributed by atoms with Crippen LogP contribution < -0.4 is 5.73 Å². The topological polar surface area (TPSA) is 45.0 Å². The van der Waals surface area contributed by atoms with Crippen molar-refractivity contribution in [2.75, 3.05) is 19.6 Å². The highest BCUT2D eigenvalue weighted by Gasteiger charge is 2.25. The Morgan fingerprint density at radius 2 is 2.19 bits per heavy atom. The minimum Gasteiger partial charge on any atom is -0.361 e. The Kier molecular flexibility index (Phi) is 4.32. The van der Waals surface area contributed by atoms with Crippen LogP contribution in [0, 0.1) is 11.8 Å². The lowest BCUT2D eigenvalue weighted by molar-refractivity contribution is 0.126. The molecule has 0 spiro atoms. The third kappa shape index (κ3) is 2.85. The van der Waals surface area contributed by atoms with Gasteiger partial charge in [-0.2, -0.15) is 0 Å². The normalized spacial score (nSPS) is 23.8. The van der Waals surface area contributed by atoms with E-state index in [2.05, 4.69) is 48.1 Å². The second-order valence-electron chi connectivity index (χ2n) is 6.50. The molecule has 2 unspecified atom stereocenters. The van der Waals surface area contributed by atoms with Crippen LogP contribution in [0.2, 0.25) is 0 Å². The number of para-hydroxylation sites is 1. The molecule has 0 saturated carbocycles. The van der Waals surface area contributed by atoms with E-state index in [1.54, 1.807) is 0 Å². The summed E-state index contributed by atoms with van der Waals surface area (Å²) in [5.41, 5.74) is 10.1. The van der Waals surface area contributed by atoms with Crippen LogP contribution in [0.15, 0.2) is 24.4 Å². The largest absolute Gasteiger partial charge is 0.361 e. The fourth-order valence-electron chi connectivity index (χ4n) is 3.62. The molecule has 1 saturated heterocycles. The van der Waals surface area contributed by atoms with Gasteiger partial charge in [-0.25, -0.2) is 0 Å². The fourth-order valence-corrected chi connectivity index (χ4v) is 3.62. The SMILES string of the molecule is CCc1cccc2c(CN3CCC(C)C(CN)C3)c[nH]c12. The molecule has 1 aliphatic rings. The van der Waals surface area contributed by atoms with Crippen molar-refractivity contribution in [1.82, 2.24) is 9.88 Å². The van der Waals surface area contributed by atoms with Crippen molar-refractivity contribution in [3.63, 3.8) is 0 Å². The monoisotopic (exact) mass is 285 g/mol. The molecule has 0 radical (unpaired) electrons. The number of H-pyrrole nitrogens is 1. The maximum Gasteiger partial charge on any atom is 0.0489 e. The first-order valence-electron chi connectivity index (χ1n) is 8.23. The van der Waals surface area contributed by atoms with Crippen LogP contribution in [0.5, 0.6) is 0 Å². The van der Waals surface area contributed by atoms with Gasteiger partial charge in [0.1, 0.15) is 0 Å². The Morgan fingerprint density at radius 3 is 2.95 bits per heavy atom. The van der Waals surface area contributed by atoms with Gasteiger partial charge in [0.2, 0.25) is 0 Å². The lowest BCUT2D eigenvalue weighted by Gasteiger charge is -2.36. The van der Waals surface area contributed by atoms with Gasteiger partial charge in [-0.1, -0.05) is 32.0 Å². The van der Waals surface area contributed by atoms with E-state index in [-0.39, 0.29) is 0 Å². The summed E-state index contributed by atoms with van der Waals surface area (Å²) >= 11 is 0. The van der Waals surface area contributed by atoms with Gasteiger partial charge in [-0.05, 0) is 48.9 Å². The summed E-state index contributed by atoms with van der Waals surface area (Å²) in [5, 5.41) is 1.39. The molecule has 0 amide bonds. The molecule has 21 heavy (non-hydrogen) atoms. The molecule has 1 aromatic carbocycles. The molecule has 0 aliphatic carbocycles. The fraction of sp³-hybridized carbons (Fsp3) is 0.556. The van der Waals surface area contributed by atoms with Crippen LogP contribution in [0.3, 0.4) is 0 Å². The second kappa shape index (κ2) is 6.20. The van der Waals surface area contributed by atoms with E-state index < -0.39 is 0 Å². The molecule has 114 valence electrons. The third-order valence-electron chi connectivity index (χ3n) is 5.16. The minimum absolute atomic E-state index is 0.648. The lowest BCUT2D eigenvalue weighted by atomic mass is 9.87. The average molecular weight is 285 g/mol. The summed E-state index contributed by atoms with van der Waals surface area (Å²) in [7, 11) is 0. The van der Waals surface area contributed by atoms with E-state index in [9.17, 15) is 0 Å². The van der Waals surface area contributed by atoms with Gasteiger partial charge in [0.15, 0.2) is 0 Å². The minimum atomic E-state index is 0.648. The highest BCUT2D eigenvalue weighted by molar-refractivity contribution is 5.86. The summed E-state index contributed by atoms with van der Waals surface area (Å²) in [4.78, 5) is 6.05. The van der Waals surface area contributed by atoms with Gasteiger partial charge in [0.25, 0.3) is 0 Å². The molecule has 1 fully saturated rings. The number of fused-ring (bicyclic) bond motifs is 1. The molecular weight excluding hydrogens is 258 g/mol. The van der Waals surface area contributed by atoms with Crippen molar-refractivity contribution in [3.05, 3.63) is 35.5 Å². The van der Waals surface area contributed by atoms with Gasteiger partial charge in [0.05, 0.1) is 0 Å². The first kappa shape index (κ1) is 14.6. The molecule has 0 bridgehead atoms. The zero-order chi connectivity index (χ0) is 14.8. The molecular formula is C18H27N3. The third-order valence-corrected chi connectivity index (χ3v) is 5.16. The van der Waals surface area contributed by atoms with Gasteiger partial charge in [0, 0.05) is 30.2 Å². The first-order chi connectivity index (χ1) is 10.2. The Balaban J connectivity index is 1.79. The number of piperidine rings is 1. The molecule has 2 aromatic rings. The van der Waals surface area contributed by atoms with Crippen LogP contribution in [0.1, 0.15) is 31.4 Å². The number of nitrogens with two attached hydrogens (primary N) is 1. The summed E-state index contributed by atoms with van der Waals surface area (Å²) < 4.78 is 0. The Bertz CT molecular complexity index is 602. The molecule has 3 rings (SSSR count). The number of rotatable bonds is 4. The predicted molar refractivity (Wildman–Crippen MR) is 89.3 cm³/mol. The van der Waals surface area contributed by atoms with Gasteiger partial charge >= 0.3 is 0 Å². The molecule has 2 heterocycles. The Labute approximate surface area is 127 Å². The van der Waals surface area contributed by atoms with Crippen molar-refractivity contribution in [2.24, 2.45) is 17.6 Å². The predicted octanol–water partition coefficient (Wildman–Crippen LogP) is 3.15. The highest BCUT2D eigenvalue weighted by Crippen LogP contribution is 2.27. The summed E-state index contributed by atoms with van der Waals surface area (Å²) in [6.07, 6.45) is 4.54. The highest BCUT2D eigenvalue weighted by atomic mass is 15.1. The number of likely N-dealkylation sites (tertiary alicyclic amines) is 1. The van der Waals surface area contributed by atoms with E-state index in [0.717, 1.165) is 32.0 Å². The van der Waals surface area contributed by atoms with Crippen molar-refractivity contribution in [3.8, 4) is 0 Å². The number of nitrogens with one attached hydrogen (secondary N) is 1. The molecule has 3 N–H and O–H groups in total. The maximum absolute atomic E-state index is 5.92. The van der Waals surface area contributed by atoms with E-state index in [1.165, 1.54) is 35.0 Å². The quantitative estimate of drug-likeness (QED) is 0.906. The number of aryl methyl sites for hydroxylation is 1.